The molecule has 2 atom stereocenters. The summed E-state index contributed by atoms with van der Waals surface area (Å²) < 4.78 is 0. The molecule has 1 aliphatic heterocycles. The van der Waals surface area contributed by atoms with Gasteiger partial charge in [-0.15, -0.1) is 0 Å². The van der Waals surface area contributed by atoms with Gasteiger partial charge in [-0.25, -0.2) is 0 Å². The summed E-state index contributed by atoms with van der Waals surface area (Å²) >= 11 is 0. The van der Waals surface area contributed by atoms with Gasteiger partial charge in [0.05, 0.1) is 11.6 Å². The van der Waals surface area contributed by atoms with Crippen molar-refractivity contribution in [2.45, 2.75) is 38.3 Å². The SMILES string of the molecule is CC(C(N)=O)N1CCCC(C)(O)C1. The number of carbonyl (C=O) groups excluding carboxylic acids is 1. The molecule has 1 saturated heterocycles. The van der Waals surface area contributed by atoms with Crippen LogP contribution in [0, 0.1) is 0 Å². The summed E-state index contributed by atoms with van der Waals surface area (Å²) in [4.78, 5) is 12.8. The Balaban J connectivity index is 2.56. The minimum Gasteiger partial charge on any atom is -0.389 e. The fourth-order valence-electron chi connectivity index (χ4n) is 1.77. The number of likely N-dealkylation sites (tertiary alicyclic amines) is 1. The normalized spacial score (nSPS) is 32.8. The van der Waals surface area contributed by atoms with Gasteiger partial charge >= 0.3 is 0 Å². The lowest BCUT2D eigenvalue weighted by Crippen LogP contribution is -2.53. The third-order valence-corrected chi connectivity index (χ3v) is 2.66. The summed E-state index contributed by atoms with van der Waals surface area (Å²) in [6.45, 7) is 4.97. The first-order valence-corrected chi connectivity index (χ1v) is 4.68. The first-order valence-electron chi connectivity index (χ1n) is 4.68. The molecule has 3 N–H and O–H groups in total. The first kappa shape index (κ1) is 10.5. The Labute approximate surface area is 78.7 Å². The van der Waals surface area contributed by atoms with Gasteiger partial charge in [-0.1, -0.05) is 0 Å². The van der Waals surface area contributed by atoms with Gasteiger partial charge in [0, 0.05) is 6.54 Å². The highest BCUT2D eigenvalue weighted by molar-refractivity contribution is 5.79. The van der Waals surface area contributed by atoms with E-state index in [-0.39, 0.29) is 11.9 Å². The van der Waals surface area contributed by atoms with E-state index >= 15 is 0 Å². The minimum absolute atomic E-state index is 0.272. The second-order valence-corrected chi connectivity index (χ2v) is 4.15. The zero-order valence-electron chi connectivity index (χ0n) is 8.29. The highest BCUT2D eigenvalue weighted by Crippen LogP contribution is 2.21. The fraction of sp³-hybridized carbons (Fsp3) is 0.889. The van der Waals surface area contributed by atoms with Crippen LogP contribution in [-0.4, -0.2) is 40.6 Å². The molecule has 0 spiro atoms. The van der Waals surface area contributed by atoms with Crippen LogP contribution in [0.4, 0.5) is 0 Å². The van der Waals surface area contributed by atoms with E-state index in [1.54, 1.807) is 13.8 Å². The van der Waals surface area contributed by atoms with Crippen molar-refractivity contribution in [3.8, 4) is 0 Å². The Morgan fingerprint density at radius 2 is 2.31 bits per heavy atom. The van der Waals surface area contributed by atoms with Crippen molar-refractivity contribution in [3.63, 3.8) is 0 Å². The average Bonchev–Trinajstić information content (AvgIpc) is 2.01. The Bertz CT molecular complexity index is 204. The smallest absolute Gasteiger partial charge is 0.234 e. The van der Waals surface area contributed by atoms with Crippen molar-refractivity contribution in [1.82, 2.24) is 4.90 Å². The van der Waals surface area contributed by atoms with Gasteiger partial charge in [-0.2, -0.15) is 0 Å². The molecular weight excluding hydrogens is 168 g/mol. The topological polar surface area (TPSA) is 66.6 Å². The number of nitrogens with zero attached hydrogens (tertiary/aromatic N) is 1. The quantitative estimate of drug-likeness (QED) is 0.622. The standard InChI is InChI=1S/C9H18N2O2/c1-7(8(10)12)11-5-3-4-9(2,13)6-11/h7,13H,3-6H2,1-2H3,(H2,10,12). The summed E-state index contributed by atoms with van der Waals surface area (Å²) in [6.07, 6.45) is 1.72. The molecule has 0 aromatic heterocycles. The van der Waals surface area contributed by atoms with Crippen LogP contribution in [0.15, 0.2) is 0 Å². The maximum Gasteiger partial charge on any atom is 0.234 e. The van der Waals surface area contributed by atoms with Gasteiger partial charge in [-0.3, -0.25) is 9.69 Å². The lowest BCUT2D eigenvalue weighted by atomic mass is 9.94. The van der Waals surface area contributed by atoms with E-state index in [0.29, 0.717) is 6.54 Å². The van der Waals surface area contributed by atoms with Crippen molar-refractivity contribution in [3.05, 3.63) is 0 Å². The van der Waals surface area contributed by atoms with Gasteiger partial charge in [0.1, 0.15) is 0 Å². The van der Waals surface area contributed by atoms with E-state index in [4.69, 9.17) is 5.73 Å². The van der Waals surface area contributed by atoms with Crippen LogP contribution < -0.4 is 5.73 Å². The number of aliphatic hydroxyl groups is 1. The summed E-state index contributed by atoms with van der Waals surface area (Å²) in [5.74, 6) is -0.322. The number of hydrogen-bond donors (Lipinski definition) is 2. The Morgan fingerprint density at radius 1 is 1.69 bits per heavy atom. The second-order valence-electron chi connectivity index (χ2n) is 4.15. The monoisotopic (exact) mass is 186 g/mol. The number of rotatable bonds is 2. The molecule has 1 aliphatic rings. The van der Waals surface area contributed by atoms with E-state index < -0.39 is 5.60 Å². The molecule has 0 saturated carbocycles. The molecule has 0 aromatic rings. The molecule has 1 heterocycles. The lowest BCUT2D eigenvalue weighted by molar-refractivity contribution is -0.125. The number of β-amino-alcohol motifs (C(OH)–C–C–N with tert-alkyl or cyclic N) is 1. The predicted molar refractivity (Wildman–Crippen MR) is 50.1 cm³/mol. The maximum absolute atomic E-state index is 10.9. The molecule has 0 bridgehead atoms. The van der Waals surface area contributed by atoms with Crippen LogP contribution in [0.25, 0.3) is 0 Å². The summed E-state index contributed by atoms with van der Waals surface area (Å²) in [6, 6.07) is -0.272. The van der Waals surface area contributed by atoms with Crippen LogP contribution in [-0.2, 0) is 4.79 Å². The highest BCUT2D eigenvalue weighted by Gasteiger charge is 2.32. The van der Waals surface area contributed by atoms with E-state index in [0.717, 1.165) is 19.4 Å². The number of piperidine rings is 1. The third kappa shape index (κ3) is 2.67. The number of hydrogen-bond acceptors (Lipinski definition) is 3. The van der Waals surface area contributed by atoms with Crippen molar-refractivity contribution >= 4 is 5.91 Å². The van der Waals surface area contributed by atoms with Gasteiger partial charge in [0.2, 0.25) is 5.91 Å². The molecule has 0 aromatic carbocycles. The molecule has 2 unspecified atom stereocenters. The largest absolute Gasteiger partial charge is 0.389 e. The van der Waals surface area contributed by atoms with Gasteiger partial charge in [0.15, 0.2) is 0 Å². The van der Waals surface area contributed by atoms with Gasteiger partial charge < -0.3 is 10.8 Å². The van der Waals surface area contributed by atoms with Crippen LogP contribution in [0.1, 0.15) is 26.7 Å². The molecule has 4 nitrogen and oxygen atoms in total. The molecule has 0 radical (unpaired) electrons. The Hall–Kier alpha value is -0.610. The lowest BCUT2D eigenvalue weighted by Gasteiger charge is -2.39. The summed E-state index contributed by atoms with van der Waals surface area (Å²) in [5, 5.41) is 9.78. The van der Waals surface area contributed by atoms with Gasteiger partial charge in [0.25, 0.3) is 0 Å². The summed E-state index contributed by atoms with van der Waals surface area (Å²) in [5.41, 5.74) is 4.53. The Morgan fingerprint density at radius 3 is 2.77 bits per heavy atom. The highest BCUT2D eigenvalue weighted by atomic mass is 16.3. The predicted octanol–water partition coefficient (Wildman–Crippen LogP) is -0.293. The van der Waals surface area contributed by atoms with Crippen LogP contribution in [0.2, 0.25) is 0 Å². The first-order chi connectivity index (χ1) is 5.92. The molecule has 1 amide bonds. The summed E-state index contributed by atoms with van der Waals surface area (Å²) in [7, 11) is 0. The number of primary amides is 1. The zero-order chi connectivity index (χ0) is 10.1. The molecule has 4 heteroatoms. The van der Waals surface area contributed by atoms with E-state index in [1.165, 1.54) is 0 Å². The molecule has 13 heavy (non-hydrogen) atoms. The number of amides is 1. The molecule has 1 rings (SSSR count). The second kappa shape index (κ2) is 3.64. The van der Waals surface area contributed by atoms with Crippen LogP contribution in [0.5, 0.6) is 0 Å². The van der Waals surface area contributed by atoms with Gasteiger partial charge in [-0.05, 0) is 33.2 Å². The fourth-order valence-corrected chi connectivity index (χ4v) is 1.77. The molecule has 1 fully saturated rings. The van der Waals surface area contributed by atoms with E-state index in [1.807, 2.05) is 4.90 Å². The third-order valence-electron chi connectivity index (χ3n) is 2.66. The van der Waals surface area contributed by atoms with Crippen molar-refractivity contribution in [2.75, 3.05) is 13.1 Å². The molecular formula is C9H18N2O2. The number of carbonyl (C=O) groups is 1. The average molecular weight is 186 g/mol. The zero-order valence-corrected chi connectivity index (χ0v) is 8.29. The van der Waals surface area contributed by atoms with Crippen molar-refractivity contribution < 1.29 is 9.90 Å². The van der Waals surface area contributed by atoms with Crippen molar-refractivity contribution in [1.29, 1.82) is 0 Å². The molecule has 76 valence electrons. The van der Waals surface area contributed by atoms with Crippen LogP contribution in [0.3, 0.4) is 0 Å². The maximum atomic E-state index is 10.9. The van der Waals surface area contributed by atoms with Crippen molar-refractivity contribution in [2.24, 2.45) is 5.73 Å². The van der Waals surface area contributed by atoms with Crippen LogP contribution >= 0.6 is 0 Å². The van der Waals surface area contributed by atoms with E-state index in [9.17, 15) is 9.90 Å². The minimum atomic E-state index is -0.665. The Kier molecular flexibility index (Phi) is 2.93. The molecule has 0 aliphatic carbocycles. The van der Waals surface area contributed by atoms with E-state index in [2.05, 4.69) is 0 Å². The number of nitrogens with two attached hydrogens (primary N) is 1.